The fourth-order valence-corrected chi connectivity index (χ4v) is 3.47. The third-order valence-electron chi connectivity index (χ3n) is 2.53. The number of rotatable bonds is 6. The zero-order valence-electron chi connectivity index (χ0n) is 9.62. The number of alkyl halides is 1. The Hall–Kier alpha value is -0.140. The van der Waals surface area contributed by atoms with Crippen molar-refractivity contribution in [3.63, 3.8) is 0 Å². The van der Waals surface area contributed by atoms with Crippen LogP contribution in [0, 0.1) is 0 Å². The van der Waals surface area contributed by atoms with Crippen LogP contribution in [0.15, 0.2) is 29.2 Å². The molecule has 1 aromatic carbocycles. The Kier molecular flexibility index (Phi) is 6.30. The van der Waals surface area contributed by atoms with Crippen molar-refractivity contribution in [2.45, 2.75) is 30.6 Å². The van der Waals surface area contributed by atoms with E-state index in [1.807, 2.05) is 24.3 Å². The van der Waals surface area contributed by atoms with Crippen molar-refractivity contribution in [2.75, 3.05) is 13.3 Å². The molecule has 90 valence electrons. The van der Waals surface area contributed by atoms with Crippen molar-refractivity contribution in [3.05, 3.63) is 29.8 Å². The monoisotopic (exact) mass is 262 g/mol. The molecule has 0 saturated heterocycles. The standard InChI is InChI=1S/C12H17F2PS/c1-3-10(8-9-13)11-4-6-12(7-5-11)16-15(2)14/h4-7,10H,3,8-9H2,1-2H3. The number of hydrogen-bond donors (Lipinski definition) is 0. The van der Waals surface area contributed by atoms with Crippen molar-refractivity contribution in [1.29, 1.82) is 0 Å². The van der Waals surface area contributed by atoms with Crippen molar-refractivity contribution in [3.8, 4) is 0 Å². The van der Waals surface area contributed by atoms with Crippen LogP contribution in [0.3, 0.4) is 0 Å². The average molecular weight is 262 g/mol. The summed E-state index contributed by atoms with van der Waals surface area (Å²) in [4.78, 5) is 0.954. The summed E-state index contributed by atoms with van der Waals surface area (Å²) in [6.45, 7) is 3.38. The molecule has 4 heteroatoms. The third kappa shape index (κ3) is 4.39. The molecule has 16 heavy (non-hydrogen) atoms. The van der Waals surface area contributed by atoms with E-state index >= 15 is 0 Å². The Labute approximate surface area is 101 Å². The van der Waals surface area contributed by atoms with Crippen LogP contribution in [0.1, 0.15) is 31.2 Å². The van der Waals surface area contributed by atoms with Crippen LogP contribution < -0.4 is 0 Å². The largest absolute Gasteiger partial charge is 0.251 e. The molecular formula is C12H17F2PS. The molecule has 0 aliphatic carbocycles. The summed E-state index contributed by atoms with van der Waals surface area (Å²) in [5, 5.41) is 0. The molecule has 0 aliphatic heterocycles. The Balaban J connectivity index is 2.69. The first-order valence-corrected chi connectivity index (χ1v) is 8.51. The predicted molar refractivity (Wildman–Crippen MR) is 69.9 cm³/mol. The highest BCUT2D eigenvalue weighted by atomic mass is 32.7. The van der Waals surface area contributed by atoms with Crippen molar-refractivity contribution >= 4 is 18.8 Å². The lowest BCUT2D eigenvalue weighted by Crippen LogP contribution is -1.98. The van der Waals surface area contributed by atoms with E-state index in [1.165, 1.54) is 11.4 Å². The van der Waals surface area contributed by atoms with Crippen LogP contribution in [-0.2, 0) is 0 Å². The zero-order chi connectivity index (χ0) is 12.0. The van der Waals surface area contributed by atoms with Crippen molar-refractivity contribution in [1.82, 2.24) is 0 Å². The van der Waals surface area contributed by atoms with E-state index < -0.39 is 7.43 Å². The Morgan fingerprint density at radius 3 is 2.38 bits per heavy atom. The summed E-state index contributed by atoms with van der Waals surface area (Å²) >= 11 is 1.26. The predicted octanol–water partition coefficient (Wildman–Crippen LogP) is 5.54. The summed E-state index contributed by atoms with van der Waals surface area (Å²) in [6, 6.07) is 7.84. The number of benzene rings is 1. The van der Waals surface area contributed by atoms with Gasteiger partial charge in [0.2, 0.25) is 0 Å². The lowest BCUT2D eigenvalue weighted by Gasteiger charge is -2.13. The molecule has 0 saturated carbocycles. The van der Waals surface area contributed by atoms with E-state index in [4.69, 9.17) is 0 Å². The highest BCUT2D eigenvalue weighted by Gasteiger charge is 2.09. The van der Waals surface area contributed by atoms with Crippen molar-refractivity contribution in [2.24, 2.45) is 0 Å². The van der Waals surface area contributed by atoms with Crippen LogP contribution in [0.2, 0.25) is 0 Å². The summed E-state index contributed by atoms with van der Waals surface area (Å²) in [5.74, 6) is 0.289. The molecule has 0 aromatic heterocycles. The van der Waals surface area contributed by atoms with Gasteiger partial charge in [0, 0.05) is 4.90 Å². The van der Waals surface area contributed by atoms with E-state index in [9.17, 15) is 8.59 Å². The van der Waals surface area contributed by atoms with Gasteiger partial charge in [-0.05, 0) is 43.1 Å². The molecule has 0 amide bonds. The van der Waals surface area contributed by atoms with Crippen LogP contribution in [-0.4, -0.2) is 13.3 Å². The lowest BCUT2D eigenvalue weighted by atomic mass is 9.94. The first-order chi connectivity index (χ1) is 7.67. The second kappa shape index (κ2) is 7.24. The summed E-state index contributed by atoms with van der Waals surface area (Å²) in [5.41, 5.74) is 1.16. The van der Waals surface area contributed by atoms with E-state index in [0.717, 1.165) is 16.9 Å². The molecule has 0 spiro atoms. The molecule has 0 radical (unpaired) electrons. The van der Waals surface area contributed by atoms with Crippen LogP contribution in [0.25, 0.3) is 0 Å². The maximum Gasteiger partial charge on any atom is 0.143 e. The Morgan fingerprint density at radius 2 is 1.94 bits per heavy atom. The normalized spacial score (nSPS) is 14.8. The number of halogens is 2. The summed E-state index contributed by atoms with van der Waals surface area (Å²) in [6.07, 6.45) is 1.52. The molecule has 2 atom stereocenters. The van der Waals surface area contributed by atoms with Gasteiger partial charge in [-0.3, -0.25) is 4.39 Å². The van der Waals surface area contributed by atoms with Crippen LogP contribution in [0.5, 0.6) is 0 Å². The van der Waals surface area contributed by atoms with Gasteiger partial charge in [-0.1, -0.05) is 30.4 Å². The topological polar surface area (TPSA) is 0 Å². The molecule has 0 N–H and O–H groups in total. The van der Waals surface area contributed by atoms with E-state index in [1.54, 1.807) is 6.66 Å². The minimum atomic E-state index is -1.46. The average Bonchev–Trinajstić information content (AvgIpc) is 2.26. The molecule has 0 fully saturated rings. The molecule has 0 bridgehead atoms. The fraction of sp³-hybridized carbons (Fsp3) is 0.500. The van der Waals surface area contributed by atoms with Crippen LogP contribution >= 0.6 is 18.8 Å². The maximum absolute atomic E-state index is 12.8. The summed E-state index contributed by atoms with van der Waals surface area (Å²) < 4.78 is 25.1. The van der Waals surface area contributed by atoms with Gasteiger partial charge in [-0.15, -0.1) is 0 Å². The number of hydrogen-bond acceptors (Lipinski definition) is 1. The van der Waals surface area contributed by atoms with E-state index in [2.05, 4.69) is 6.92 Å². The van der Waals surface area contributed by atoms with Gasteiger partial charge in [-0.25, -0.2) is 4.20 Å². The Morgan fingerprint density at radius 1 is 1.31 bits per heavy atom. The maximum atomic E-state index is 12.8. The highest BCUT2D eigenvalue weighted by molar-refractivity contribution is 8.54. The Bertz CT molecular complexity index is 300. The van der Waals surface area contributed by atoms with E-state index in [-0.39, 0.29) is 12.6 Å². The zero-order valence-corrected chi connectivity index (χ0v) is 11.3. The van der Waals surface area contributed by atoms with E-state index in [0.29, 0.717) is 6.42 Å². The molecule has 1 rings (SSSR count). The van der Waals surface area contributed by atoms with Crippen molar-refractivity contribution < 1.29 is 8.59 Å². The quantitative estimate of drug-likeness (QED) is 0.606. The van der Waals surface area contributed by atoms with Gasteiger partial charge < -0.3 is 0 Å². The van der Waals surface area contributed by atoms with Gasteiger partial charge in [0.15, 0.2) is 0 Å². The first kappa shape index (κ1) is 13.9. The minimum Gasteiger partial charge on any atom is -0.251 e. The summed E-state index contributed by atoms with van der Waals surface area (Å²) in [7, 11) is -1.46. The second-order valence-corrected chi connectivity index (χ2v) is 7.22. The second-order valence-electron chi connectivity index (χ2n) is 3.66. The van der Waals surface area contributed by atoms with Gasteiger partial charge in [0.1, 0.15) is 7.43 Å². The molecule has 0 aliphatic rings. The lowest BCUT2D eigenvalue weighted by molar-refractivity contribution is 0.433. The van der Waals surface area contributed by atoms with Gasteiger partial charge in [0.25, 0.3) is 0 Å². The SMILES string of the molecule is CCC(CCF)c1ccc(SP(C)F)cc1. The third-order valence-corrected chi connectivity index (χ3v) is 4.65. The highest BCUT2D eigenvalue weighted by Crippen LogP contribution is 2.51. The molecule has 0 heterocycles. The van der Waals surface area contributed by atoms with Gasteiger partial charge >= 0.3 is 0 Å². The molecule has 2 unspecified atom stereocenters. The smallest absolute Gasteiger partial charge is 0.143 e. The fourth-order valence-electron chi connectivity index (χ4n) is 1.68. The molecule has 0 nitrogen and oxygen atoms in total. The first-order valence-electron chi connectivity index (χ1n) is 5.40. The molecule has 1 aromatic rings. The van der Waals surface area contributed by atoms with Gasteiger partial charge in [0.05, 0.1) is 6.67 Å². The minimum absolute atomic E-state index is 0.278. The molecular weight excluding hydrogens is 245 g/mol. The van der Waals surface area contributed by atoms with Crippen LogP contribution in [0.4, 0.5) is 8.59 Å². The van der Waals surface area contributed by atoms with Gasteiger partial charge in [-0.2, -0.15) is 0 Å².